The van der Waals surface area contributed by atoms with Crippen LogP contribution in [0.15, 0.2) is 48.5 Å². The number of nitrogens with zero attached hydrogens (tertiary/aromatic N) is 6. The van der Waals surface area contributed by atoms with Crippen molar-refractivity contribution < 1.29 is 9.18 Å². The van der Waals surface area contributed by atoms with Crippen molar-refractivity contribution in [2.75, 3.05) is 31.1 Å². The monoisotopic (exact) mass is 458 g/mol. The third kappa shape index (κ3) is 3.89. The summed E-state index contributed by atoms with van der Waals surface area (Å²) in [6.07, 6.45) is 0.707. The number of hydrogen-bond donors (Lipinski definition) is 0. The standard InChI is InChI=1S/C26H27FN6O/c1-4-22-28-24(23-18(3)30-33(25(23)29-22)21-11-6-5-8-17(21)2)31-12-14-32(15-13-31)26(34)19-9-7-10-20(27)16-19/h5-11,16H,4,12-15H2,1-3H3. The largest absolute Gasteiger partial charge is 0.352 e. The highest BCUT2D eigenvalue weighted by atomic mass is 19.1. The molecule has 34 heavy (non-hydrogen) atoms. The Bertz CT molecular complexity index is 1370. The van der Waals surface area contributed by atoms with E-state index >= 15 is 0 Å². The number of anilines is 1. The van der Waals surface area contributed by atoms with Crippen LogP contribution in [0.1, 0.15) is 34.4 Å². The number of carbonyl (C=O) groups is 1. The van der Waals surface area contributed by atoms with E-state index in [2.05, 4.69) is 17.9 Å². The predicted octanol–water partition coefficient (Wildman–Crippen LogP) is 4.10. The number of fused-ring (bicyclic) bond motifs is 1. The first-order valence-electron chi connectivity index (χ1n) is 11.6. The minimum Gasteiger partial charge on any atom is -0.352 e. The van der Waals surface area contributed by atoms with Crippen LogP contribution in [0.2, 0.25) is 0 Å². The zero-order valence-electron chi connectivity index (χ0n) is 19.6. The van der Waals surface area contributed by atoms with Crippen molar-refractivity contribution in [1.29, 1.82) is 0 Å². The molecule has 1 saturated heterocycles. The predicted molar refractivity (Wildman–Crippen MR) is 130 cm³/mol. The molecule has 0 unspecified atom stereocenters. The van der Waals surface area contributed by atoms with Gasteiger partial charge in [0.15, 0.2) is 5.65 Å². The van der Waals surface area contributed by atoms with Gasteiger partial charge >= 0.3 is 0 Å². The Kier molecular flexibility index (Phi) is 5.73. The van der Waals surface area contributed by atoms with E-state index in [9.17, 15) is 9.18 Å². The van der Waals surface area contributed by atoms with Gasteiger partial charge in [-0.1, -0.05) is 31.2 Å². The van der Waals surface area contributed by atoms with Gasteiger partial charge in [0, 0.05) is 38.2 Å². The summed E-state index contributed by atoms with van der Waals surface area (Å²) in [4.78, 5) is 26.6. The number of para-hydroxylation sites is 1. The molecule has 0 aliphatic carbocycles. The van der Waals surface area contributed by atoms with E-state index in [0.29, 0.717) is 38.2 Å². The zero-order valence-corrected chi connectivity index (χ0v) is 19.6. The molecule has 1 fully saturated rings. The summed E-state index contributed by atoms with van der Waals surface area (Å²) in [5, 5.41) is 5.77. The number of halogens is 1. The van der Waals surface area contributed by atoms with Gasteiger partial charge in [-0.05, 0) is 43.7 Å². The number of aromatic nitrogens is 4. The molecule has 0 N–H and O–H groups in total. The summed E-state index contributed by atoms with van der Waals surface area (Å²) in [6, 6.07) is 14.0. The molecule has 1 aliphatic rings. The van der Waals surface area contributed by atoms with E-state index in [1.807, 2.05) is 36.7 Å². The summed E-state index contributed by atoms with van der Waals surface area (Å²) in [5.41, 5.74) is 4.16. The number of hydrogen-bond acceptors (Lipinski definition) is 5. The Hall–Kier alpha value is -3.81. The van der Waals surface area contributed by atoms with Crippen molar-refractivity contribution in [1.82, 2.24) is 24.6 Å². The van der Waals surface area contributed by atoms with Crippen molar-refractivity contribution in [3.63, 3.8) is 0 Å². The van der Waals surface area contributed by atoms with Crippen LogP contribution in [0.3, 0.4) is 0 Å². The molecule has 2 aromatic heterocycles. The van der Waals surface area contributed by atoms with E-state index in [1.54, 1.807) is 17.0 Å². The van der Waals surface area contributed by atoms with Gasteiger partial charge in [-0.15, -0.1) is 0 Å². The third-order valence-electron chi connectivity index (χ3n) is 6.33. The van der Waals surface area contributed by atoms with Gasteiger partial charge in [0.2, 0.25) is 0 Å². The van der Waals surface area contributed by atoms with Crippen LogP contribution in [-0.2, 0) is 6.42 Å². The smallest absolute Gasteiger partial charge is 0.254 e. The molecule has 0 atom stereocenters. The minimum atomic E-state index is -0.402. The summed E-state index contributed by atoms with van der Waals surface area (Å²) >= 11 is 0. The lowest BCUT2D eigenvalue weighted by atomic mass is 10.1. The van der Waals surface area contributed by atoms with E-state index in [0.717, 1.165) is 39.6 Å². The van der Waals surface area contributed by atoms with Gasteiger partial charge in [-0.2, -0.15) is 5.10 Å². The number of amides is 1. The maximum absolute atomic E-state index is 13.6. The Morgan fingerprint density at radius 2 is 1.76 bits per heavy atom. The molecular formula is C26H27FN6O. The summed E-state index contributed by atoms with van der Waals surface area (Å²) in [7, 11) is 0. The van der Waals surface area contributed by atoms with Crippen LogP contribution >= 0.6 is 0 Å². The quantitative estimate of drug-likeness (QED) is 0.461. The number of rotatable bonds is 4. The molecule has 174 valence electrons. The summed E-state index contributed by atoms with van der Waals surface area (Å²) < 4.78 is 15.5. The maximum Gasteiger partial charge on any atom is 0.254 e. The van der Waals surface area contributed by atoms with Gasteiger partial charge in [-0.25, -0.2) is 19.0 Å². The molecule has 0 spiro atoms. The second-order valence-electron chi connectivity index (χ2n) is 8.59. The van der Waals surface area contributed by atoms with E-state index in [4.69, 9.17) is 15.1 Å². The lowest BCUT2D eigenvalue weighted by Gasteiger charge is -2.35. The van der Waals surface area contributed by atoms with Gasteiger partial charge < -0.3 is 9.80 Å². The van der Waals surface area contributed by atoms with E-state index in [-0.39, 0.29) is 5.91 Å². The van der Waals surface area contributed by atoms with Crippen molar-refractivity contribution in [3.8, 4) is 5.69 Å². The van der Waals surface area contributed by atoms with Crippen molar-refractivity contribution in [3.05, 3.63) is 77.0 Å². The van der Waals surface area contributed by atoms with Crippen molar-refractivity contribution >= 4 is 22.8 Å². The second-order valence-corrected chi connectivity index (χ2v) is 8.59. The first-order chi connectivity index (χ1) is 16.5. The molecule has 4 aromatic rings. The fourth-order valence-corrected chi connectivity index (χ4v) is 4.49. The molecule has 1 aliphatic heterocycles. The fraction of sp³-hybridized carbons (Fsp3) is 0.308. The van der Waals surface area contributed by atoms with Crippen molar-refractivity contribution in [2.45, 2.75) is 27.2 Å². The first-order valence-corrected chi connectivity index (χ1v) is 11.6. The van der Waals surface area contributed by atoms with Crippen LogP contribution in [0.25, 0.3) is 16.7 Å². The average Bonchev–Trinajstić information content (AvgIpc) is 3.19. The SMILES string of the molecule is CCc1nc(N2CCN(C(=O)c3cccc(F)c3)CC2)c2c(C)nn(-c3ccccc3C)c2n1. The van der Waals surface area contributed by atoms with Gasteiger partial charge in [0.25, 0.3) is 5.91 Å². The normalized spacial score (nSPS) is 14.1. The molecule has 3 heterocycles. The topological polar surface area (TPSA) is 67.2 Å². The van der Waals surface area contributed by atoms with E-state index in [1.165, 1.54) is 12.1 Å². The van der Waals surface area contributed by atoms with Crippen LogP contribution in [-0.4, -0.2) is 56.7 Å². The molecule has 0 radical (unpaired) electrons. The Labute approximate surface area is 197 Å². The Morgan fingerprint density at radius 3 is 2.47 bits per heavy atom. The molecule has 7 nitrogen and oxygen atoms in total. The Balaban J connectivity index is 1.48. The van der Waals surface area contributed by atoms with Crippen LogP contribution in [0, 0.1) is 19.7 Å². The Morgan fingerprint density at radius 1 is 1.00 bits per heavy atom. The van der Waals surface area contributed by atoms with E-state index < -0.39 is 5.82 Å². The molecule has 5 rings (SSSR count). The highest BCUT2D eigenvalue weighted by molar-refractivity contribution is 5.95. The third-order valence-corrected chi connectivity index (χ3v) is 6.33. The number of carbonyl (C=O) groups excluding carboxylic acids is 1. The average molecular weight is 459 g/mol. The number of benzene rings is 2. The van der Waals surface area contributed by atoms with Gasteiger partial charge in [0.05, 0.1) is 16.8 Å². The lowest BCUT2D eigenvalue weighted by molar-refractivity contribution is 0.0746. The summed E-state index contributed by atoms with van der Waals surface area (Å²) in [5.74, 6) is 1.07. The molecule has 0 saturated carbocycles. The number of piperazine rings is 1. The highest BCUT2D eigenvalue weighted by Crippen LogP contribution is 2.30. The molecule has 8 heteroatoms. The molecular weight excluding hydrogens is 431 g/mol. The van der Waals surface area contributed by atoms with Crippen molar-refractivity contribution in [2.24, 2.45) is 0 Å². The molecule has 1 amide bonds. The number of aryl methyl sites for hydroxylation is 3. The lowest BCUT2D eigenvalue weighted by Crippen LogP contribution is -2.49. The summed E-state index contributed by atoms with van der Waals surface area (Å²) in [6.45, 7) is 8.42. The van der Waals surface area contributed by atoms with Crippen LogP contribution < -0.4 is 4.90 Å². The molecule has 2 aromatic carbocycles. The maximum atomic E-state index is 13.6. The van der Waals surface area contributed by atoms with Crippen LogP contribution in [0.4, 0.5) is 10.2 Å². The van der Waals surface area contributed by atoms with Gasteiger partial charge in [0.1, 0.15) is 17.5 Å². The van der Waals surface area contributed by atoms with Crippen LogP contribution in [0.5, 0.6) is 0 Å². The van der Waals surface area contributed by atoms with Gasteiger partial charge in [-0.3, -0.25) is 4.79 Å². The zero-order chi connectivity index (χ0) is 23.8. The second kappa shape index (κ2) is 8.85. The molecule has 0 bridgehead atoms. The minimum absolute atomic E-state index is 0.148. The fourth-order valence-electron chi connectivity index (χ4n) is 4.49. The highest BCUT2D eigenvalue weighted by Gasteiger charge is 2.27. The first kappa shape index (κ1) is 22.0.